The van der Waals surface area contributed by atoms with Gasteiger partial charge in [-0.3, -0.25) is 9.59 Å². The van der Waals surface area contributed by atoms with Crippen LogP contribution in [0.15, 0.2) is 42.5 Å². The average Bonchev–Trinajstić information content (AvgIpc) is 2.55. The van der Waals surface area contributed by atoms with Gasteiger partial charge in [-0.15, -0.1) is 0 Å². The molecule has 2 aromatic rings. The smallest absolute Gasteiger partial charge is 0.243 e. The van der Waals surface area contributed by atoms with Crippen LogP contribution in [0, 0.1) is 12.7 Å². The Hall–Kier alpha value is -2.89. The maximum Gasteiger partial charge on any atom is 0.243 e. The van der Waals surface area contributed by atoms with Crippen LogP contribution in [-0.2, 0) is 16.0 Å². The molecule has 2 aromatic carbocycles. The first-order valence-corrected chi connectivity index (χ1v) is 7.43. The highest BCUT2D eigenvalue weighted by Gasteiger charge is 2.10. The van der Waals surface area contributed by atoms with Gasteiger partial charge in [0.1, 0.15) is 11.6 Å². The molecule has 0 aliphatic carbocycles. The highest BCUT2D eigenvalue weighted by Crippen LogP contribution is 2.24. The van der Waals surface area contributed by atoms with Gasteiger partial charge >= 0.3 is 0 Å². The van der Waals surface area contributed by atoms with Crippen molar-refractivity contribution in [1.29, 1.82) is 0 Å². The van der Waals surface area contributed by atoms with Crippen LogP contribution in [0.1, 0.15) is 11.1 Å². The highest BCUT2D eigenvalue weighted by atomic mass is 19.1. The Morgan fingerprint density at radius 1 is 1.08 bits per heavy atom. The lowest BCUT2D eigenvalue weighted by molar-refractivity contribution is -0.123. The summed E-state index contributed by atoms with van der Waals surface area (Å²) in [5.41, 5.74) is 2.20. The Morgan fingerprint density at radius 2 is 1.79 bits per heavy atom. The number of aryl methyl sites for hydroxylation is 1. The summed E-state index contributed by atoms with van der Waals surface area (Å²) >= 11 is 0. The van der Waals surface area contributed by atoms with E-state index in [-0.39, 0.29) is 30.6 Å². The number of benzene rings is 2. The van der Waals surface area contributed by atoms with E-state index in [0.717, 1.165) is 5.56 Å². The standard InChI is InChI=1S/C18H19FN2O3/c1-12-3-8-16(24-2)15(9-12)21-18(23)11-20-17(22)10-13-4-6-14(19)7-5-13/h3-9H,10-11H2,1-2H3,(H,20,22)(H,21,23). The Kier molecular flexibility index (Phi) is 5.89. The molecule has 2 N–H and O–H groups in total. The van der Waals surface area contributed by atoms with Crippen molar-refractivity contribution in [2.75, 3.05) is 19.0 Å². The fourth-order valence-electron chi connectivity index (χ4n) is 2.14. The van der Waals surface area contributed by atoms with E-state index < -0.39 is 0 Å². The third kappa shape index (κ3) is 5.08. The first-order chi connectivity index (χ1) is 11.5. The van der Waals surface area contributed by atoms with Gasteiger partial charge in [-0.2, -0.15) is 0 Å². The van der Waals surface area contributed by atoms with Crippen LogP contribution in [0.2, 0.25) is 0 Å². The van der Waals surface area contributed by atoms with Crippen LogP contribution >= 0.6 is 0 Å². The molecule has 0 aromatic heterocycles. The maximum absolute atomic E-state index is 12.8. The van der Waals surface area contributed by atoms with Crippen molar-refractivity contribution in [2.45, 2.75) is 13.3 Å². The normalized spacial score (nSPS) is 10.1. The Balaban J connectivity index is 1.85. The summed E-state index contributed by atoms with van der Waals surface area (Å²) in [5.74, 6) is -0.475. The summed E-state index contributed by atoms with van der Waals surface area (Å²) in [6.45, 7) is 1.75. The summed E-state index contributed by atoms with van der Waals surface area (Å²) in [6.07, 6.45) is 0.0846. The SMILES string of the molecule is COc1ccc(C)cc1NC(=O)CNC(=O)Cc1ccc(F)cc1. The van der Waals surface area contributed by atoms with Gasteiger partial charge in [-0.25, -0.2) is 4.39 Å². The highest BCUT2D eigenvalue weighted by molar-refractivity contribution is 5.96. The quantitative estimate of drug-likeness (QED) is 0.855. The van der Waals surface area contributed by atoms with E-state index in [1.165, 1.54) is 31.4 Å². The molecule has 0 radical (unpaired) electrons. The number of anilines is 1. The van der Waals surface area contributed by atoms with Crippen molar-refractivity contribution < 1.29 is 18.7 Å². The summed E-state index contributed by atoms with van der Waals surface area (Å²) in [6, 6.07) is 11.1. The molecule has 5 nitrogen and oxygen atoms in total. The second-order valence-electron chi connectivity index (χ2n) is 5.33. The van der Waals surface area contributed by atoms with Gasteiger partial charge in [-0.1, -0.05) is 18.2 Å². The van der Waals surface area contributed by atoms with Gasteiger partial charge in [-0.05, 0) is 42.3 Å². The van der Waals surface area contributed by atoms with Crippen LogP contribution in [-0.4, -0.2) is 25.5 Å². The van der Waals surface area contributed by atoms with Gasteiger partial charge in [0.15, 0.2) is 0 Å². The Morgan fingerprint density at radius 3 is 2.46 bits per heavy atom. The lowest BCUT2D eigenvalue weighted by atomic mass is 10.1. The number of rotatable bonds is 6. The number of carbonyl (C=O) groups excluding carboxylic acids is 2. The summed E-state index contributed by atoms with van der Waals surface area (Å²) in [5, 5.41) is 5.23. The van der Waals surface area contributed by atoms with Crippen molar-refractivity contribution in [1.82, 2.24) is 5.32 Å². The van der Waals surface area contributed by atoms with E-state index in [9.17, 15) is 14.0 Å². The predicted octanol–water partition coefficient (Wildman–Crippen LogP) is 2.44. The third-order valence-electron chi connectivity index (χ3n) is 3.35. The molecule has 24 heavy (non-hydrogen) atoms. The fourth-order valence-corrected chi connectivity index (χ4v) is 2.14. The summed E-state index contributed by atoms with van der Waals surface area (Å²) in [7, 11) is 1.52. The predicted molar refractivity (Wildman–Crippen MR) is 89.5 cm³/mol. The van der Waals surface area contributed by atoms with Gasteiger partial charge in [0.25, 0.3) is 0 Å². The van der Waals surface area contributed by atoms with Gasteiger partial charge in [0, 0.05) is 0 Å². The van der Waals surface area contributed by atoms with Gasteiger partial charge in [0.2, 0.25) is 11.8 Å². The molecule has 0 bridgehead atoms. The Bertz CT molecular complexity index is 730. The zero-order valence-corrected chi connectivity index (χ0v) is 13.6. The summed E-state index contributed by atoms with van der Waals surface area (Å²) in [4.78, 5) is 23.8. The van der Waals surface area contributed by atoms with Crippen molar-refractivity contribution in [2.24, 2.45) is 0 Å². The topological polar surface area (TPSA) is 67.4 Å². The largest absolute Gasteiger partial charge is 0.495 e. The molecule has 0 fully saturated rings. The van der Waals surface area contributed by atoms with Crippen LogP contribution in [0.5, 0.6) is 5.75 Å². The number of ether oxygens (including phenoxy) is 1. The molecule has 126 valence electrons. The minimum Gasteiger partial charge on any atom is -0.495 e. The number of halogens is 1. The second kappa shape index (κ2) is 8.10. The number of carbonyl (C=O) groups is 2. The molecule has 0 aliphatic rings. The molecule has 0 atom stereocenters. The molecule has 0 aliphatic heterocycles. The molecule has 6 heteroatoms. The molecule has 0 heterocycles. The first kappa shape index (κ1) is 17.5. The fraction of sp³-hybridized carbons (Fsp3) is 0.222. The molecule has 0 saturated carbocycles. The van der Waals surface area contributed by atoms with Crippen molar-refractivity contribution in [3.8, 4) is 5.75 Å². The molecule has 0 spiro atoms. The van der Waals surface area contributed by atoms with Crippen LogP contribution in [0.3, 0.4) is 0 Å². The number of nitrogens with one attached hydrogen (secondary N) is 2. The van der Waals surface area contributed by atoms with Crippen molar-refractivity contribution in [3.63, 3.8) is 0 Å². The van der Waals surface area contributed by atoms with E-state index in [1.807, 2.05) is 13.0 Å². The van der Waals surface area contributed by atoms with Crippen LogP contribution in [0.4, 0.5) is 10.1 Å². The number of amides is 2. The van der Waals surface area contributed by atoms with Crippen LogP contribution in [0.25, 0.3) is 0 Å². The molecular weight excluding hydrogens is 311 g/mol. The lowest BCUT2D eigenvalue weighted by Gasteiger charge is -2.11. The second-order valence-corrected chi connectivity index (χ2v) is 5.33. The summed E-state index contributed by atoms with van der Waals surface area (Å²) < 4.78 is 18.0. The average molecular weight is 330 g/mol. The molecule has 2 rings (SSSR count). The van der Waals surface area contributed by atoms with E-state index in [0.29, 0.717) is 17.0 Å². The lowest BCUT2D eigenvalue weighted by Crippen LogP contribution is -2.33. The van der Waals surface area contributed by atoms with Crippen molar-refractivity contribution in [3.05, 3.63) is 59.4 Å². The monoisotopic (exact) mass is 330 g/mol. The zero-order chi connectivity index (χ0) is 17.5. The molecule has 0 unspecified atom stereocenters. The molecule has 2 amide bonds. The number of hydrogen-bond donors (Lipinski definition) is 2. The van der Waals surface area contributed by atoms with E-state index in [2.05, 4.69) is 10.6 Å². The van der Waals surface area contributed by atoms with Crippen LogP contribution < -0.4 is 15.4 Å². The molecule has 0 saturated heterocycles. The van der Waals surface area contributed by atoms with Gasteiger partial charge < -0.3 is 15.4 Å². The maximum atomic E-state index is 12.8. The molecular formula is C18H19FN2O3. The third-order valence-corrected chi connectivity index (χ3v) is 3.35. The van der Waals surface area contributed by atoms with E-state index in [1.54, 1.807) is 12.1 Å². The minimum atomic E-state index is -0.356. The van der Waals surface area contributed by atoms with E-state index >= 15 is 0 Å². The Labute approximate surface area is 139 Å². The first-order valence-electron chi connectivity index (χ1n) is 7.43. The van der Waals surface area contributed by atoms with Crippen molar-refractivity contribution >= 4 is 17.5 Å². The van der Waals surface area contributed by atoms with E-state index in [4.69, 9.17) is 4.74 Å². The number of methoxy groups -OCH3 is 1. The minimum absolute atomic E-state index is 0.0846. The number of hydrogen-bond acceptors (Lipinski definition) is 3. The van der Waals surface area contributed by atoms with Gasteiger partial charge in [0.05, 0.1) is 25.8 Å². The zero-order valence-electron chi connectivity index (χ0n) is 13.6.